The summed E-state index contributed by atoms with van der Waals surface area (Å²) in [5, 5.41) is 7.18. The molecule has 2 amide bonds. The zero-order chi connectivity index (χ0) is 19.5. The molecular weight excluding hydrogens is 354 g/mol. The minimum atomic E-state index is -0.466. The Labute approximate surface area is 160 Å². The highest BCUT2D eigenvalue weighted by Crippen LogP contribution is 2.22. The lowest BCUT2D eigenvalue weighted by atomic mass is 10.1. The summed E-state index contributed by atoms with van der Waals surface area (Å²) in [6, 6.07) is 18.6. The van der Waals surface area contributed by atoms with Crippen molar-refractivity contribution in [3.63, 3.8) is 0 Å². The van der Waals surface area contributed by atoms with E-state index >= 15 is 0 Å². The van der Waals surface area contributed by atoms with Gasteiger partial charge in [-0.3, -0.25) is 9.59 Å². The topological polar surface area (TPSA) is 102 Å². The second-order valence-corrected chi connectivity index (χ2v) is 6.24. The molecular formula is C21H17N5O2. The van der Waals surface area contributed by atoms with Crippen LogP contribution in [0.3, 0.4) is 0 Å². The Bertz CT molecular complexity index is 1170. The molecule has 0 radical (unpaired) electrons. The van der Waals surface area contributed by atoms with Gasteiger partial charge < -0.3 is 11.1 Å². The van der Waals surface area contributed by atoms with Gasteiger partial charge in [-0.05, 0) is 17.7 Å². The molecule has 0 spiro atoms. The van der Waals surface area contributed by atoms with Crippen LogP contribution in [0.4, 0.5) is 5.69 Å². The summed E-state index contributed by atoms with van der Waals surface area (Å²) >= 11 is 0. The minimum Gasteiger partial charge on any atom is -0.369 e. The van der Waals surface area contributed by atoms with Crippen LogP contribution in [0.2, 0.25) is 0 Å². The van der Waals surface area contributed by atoms with Gasteiger partial charge in [-0.1, -0.05) is 48.5 Å². The molecule has 2 heterocycles. The van der Waals surface area contributed by atoms with E-state index in [1.165, 1.54) is 6.20 Å². The second kappa shape index (κ2) is 7.32. The first-order valence-corrected chi connectivity index (χ1v) is 8.69. The van der Waals surface area contributed by atoms with Crippen LogP contribution in [0, 0.1) is 0 Å². The van der Waals surface area contributed by atoms with E-state index in [2.05, 4.69) is 15.4 Å². The zero-order valence-electron chi connectivity index (χ0n) is 14.9. The Kier molecular flexibility index (Phi) is 4.55. The standard InChI is InChI=1S/C21H17N5O2/c22-19(27)12-15-8-4-5-9-17(15)25-21(28)16-13-24-26-18(10-11-23-20(16)26)14-6-2-1-3-7-14/h1-11,13H,12H2,(H2,22,27)(H,25,28). The molecule has 0 fully saturated rings. The fourth-order valence-electron chi connectivity index (χ4n) is 3.05. The van der Waals surface area contributed by atoms with E-state index in [0.717, 1.165) is 11.3 Å². The number of nitrogens with zero attached hydrogens (tertiary/aromatic N) is 3. The molecule has 0 saturated heterocycles. The number of carbonyl (C=O) groups is 2. The van der Waals surface area contributed by atoms with Gasteiger partial charge in [0, 0.05) is 17.4 Å². The van der Waals surface area contributed by atoms with E-state index in [4.69, 9.17) is 5.73 Å². The predicted molar refractivity (Wildman–Crippen MR) is 106 cm³/mol. The quantitative estimate of drug-likeness (QED) is 0.563. The highest BCUT2D eigenvalue weighted by Gasteiger charge is 2.17. The van der Waals surface area contributed by atoms with E-state index in [9.17, 15) is 9.59 Å². The Morgan fingerprint density at radius 3 is 2.54 bits per heavy atom. The molecule has 0 bridgehead atoms. The lowest BCUT2D eigenvalue weighted by Gasteiger charge is -2.09. The van der Waals surface area contributed by atoms with E-state index < -0.39 is 5.91 Å². The van der Waals surface area contributed by atoms with Gasteiger partial charge in [0.1, 0.15) is 5.56 Å². The Hall–Kier alpha value is -4.00. The van der Waals surface area contributed by atoms with Gasteiger partial charge >= 0.3 is 0 Å². The number of carbonyl (C=O) groups excluding carboxylic acids is 2. The molecule has 138 valence electrons. The molecule has 2 aromatic carbocycles. The molecule has 28 heavy (non-hydrogen) atoms. The second-order valence-electron chi connectivity index (χ2n) is 6.24. The van der Waals surface area contributed by atoms with Crippen LogP contribution in [0.15, 0.2) is 73.1 Å². The zero-order valence-corrected chi connectivity index (χ0v) is 14.9. The van der Waals surface area contributed by atoms with Gasteiger partial charge in [-0.25, -0.2) is 9.50 Å². The van der Waals surface area contributed by atoms with Gasteiger partial charge in [-0.15, -0.1) is 0 Å². The summed E-state index contributed by atoms with van der Waals surface area (Å²) in [4.78, 5) is 28.4. The predicted octanol–water partition coefficient (Wildman–Crippen LogP) is 2.68. The van der Waals surface area contributed by atoms with Crippen LogP contribution in [0.25, 0.3) is 16.9 Å². The number of hydrogen-bond acceptors (Lipinski definition) is 4. The van der Waals surface area contributed by atoms with Crippen LogP contribution in [0.5, 0.6) is 0 Å². The lowest BCUT2D eigenvalue weighted by molar-refractivity contribution is -0.117. The van der Waals surface area contributed by atoms with Gasteiger partial charge in [0.15, 0.2) is 5.65 Å². The SMILES string of the molecule is NC(=O)Cc1ccccc1NC(=O)c1cnn2c(-c3ccccc3)ccnc12. The fourth-order valence-corrected chi connectivity index (χ4v) is 3.05. The van der Waals surface area contributed by atoms with Crippen molar-refractivity contribution >= 4 is 23.1 Å². The summed E-state index contributed by atoms with van der Waals surface area (Å²) in [7, 11) is 0. The Morgan fingerprint density at radius 1 is 1.00 bits per heavy atom. The molecule has 7 nitrogen and oxygen atoms in total. The number of nitrogens with one attached hydrogen (secondary N) is 1. The van der Waals surface area contributed by atoms with Crippen LogP contribution in [-0.2, 0) is 11.2 Å². The van der Waals surface area contributed by atoms with Crippen molar-refractivity contribution in [1.82, 2.24) is 14.6 Å². The average Bonchev–Trinajstić information content (AvgIpc) is 3.14. The van der Waals surface area contributed by atoms with Crippen molar-refractivity contribution in [3.05, 3.63) is 84.2 Å². The third-order valence-electron chi connectivity index (χ3n) is 4.35. The molecule has 0 atom stereocenters. The lowest BCUT2D eigenvalue weighted by Crippen LogP contribution is -2.17. The van der Waals surface area contributed by atoms with Crippen molar-refractivity contribution < 1.29 is 9.59 Å². The molecule has 0 unspecified atom stereocenters. The summed E-state index contributed by atoms with van der Waals surface area (Å²) in [6.45, 7) is 0. The maximum Gasteiger partial charge on any atom is 0.261 e. The van der Waals surface area contributed by atoms with E-state index in [1.807, 2.05) is 36.4 Å². The highest BCUT2D eigenvalue weighted by molar-refractivity contribution is 6.08. The number of amides is 2. The number of aromatic nitrogens is 3. The third kappa shape index (κ3) is 3.33. The molecule has 4 rings (SSSR count). The first-order valence-electron chi connectivity index (χ1n) is 8.69. The highest BCUT2D eigenvalue weighted by atomic mass is 16.2. The number of hydrogen-bond donors (Lipinski definition) is 2. The third-order valence-corrected chi connectivity index (χ3v) is 4.35. The Morgan fingerprint density at radius 2 is 1.75 bits per heavy atom. The summed E-state index contributed by atoms with van der Waals surface area (Å²) in [5.41, 5.74) is 9.06. The van der Waals surface area contributed by atoms with Gasteiger partial charge in [0.25, 0.3) is 5.91 Å². The number of para-hydroxylation sites is 1. The maximum atomic E-state index is 12.9. The van der Waals surface area contributed by atoms with Gasteiger partial charge in [0.2, 0.25) is 5.91 Å². The van der Waals surface area contributed by atoms with Crippen molar-refractivity contribution in [2.24, 2.45) is 5.73 Å². The largest absolute Gasteiger partial charge is 0.369 e. The number of fused-ring (bicyclic) bond motifs is 1. The average molecular weight is 371 g/mol. The molecule has 0 aliphatic rings. The number of anilines is 1. The van der Waals surface area contributed by atoms with Crippen LogP contribution in [0.1, 0.15) is 15.9 Å². The van der Waals surface area contributed by atoms with Crippen molar-refractivity contribution in [1.29, 1.82) is 0 Å². The molecule has 3 N–H and O–H groups in total. The molecule has 0 aliphatic heterocycles. The summed E-state index contributed by atoms with van der Waals surface area (Å²) < 4.78 is 1.64. The van der Waals surface area contributed by atoms with Gasteiger partial charge in [0.05, 0.1) is 18.3 Å². The van der Waals surface area contributed by atoms with Crippen LogP contribution < -0.4 is 11.1 Å². The summed E-state index contributed by atoms with van der Waals surface area (Å²) in [6.07, 6.45) is 3.18. The van der Waals surface area contributed by atoms with E-state index in [1.54, 1.807) is 35.0 Å². The van der Waals surface area contributed by atoms with Gasteiger partial charge in [-0.2, -0.15) is 5.10 Å². The molecule has 2 aromatic heterocycles. The first-order chi connectivity index (χ1) is 13.6. The van der Waals surface area contributed by atoms with Crippen LogP contribution in [-0.4, -0.2) is 26.4 Å². The van der Waals surface area contributed by atoms with E-state index in [0.29, 0.717) is 22.5 Å². The smallest absolute Gasteiger partial charge is 0.261 e. The van der Waals surface area contributed by atoms with Crippen molar-refractivity contribution in [3.8, 4) is 11.3 Å². The number of rotatable bonds is 5. The van der Waals surface area contributed by atoms with Crippen LogP contribution >= 0.6 is 0 Å². The number of nitrogens with two attached hydrogens (primary N) is 1. The van der Waals surface area contributed by atoms with E-state index in [-0.39, 0.29) is 12.3 Å². The molecule has 4 aromatic rings. The normalized spacial score (nSPS) is 10.7. The molecule has 0 aliphatic carbocycles. The first kappa shape index (κ1) is 17.4. The maximum absolute atomic E-state index is 12.9. The monoisotopic (exact) mass is 371 g/mol. The Balaban J connectivity index is 1.69. The number of primary amides is 1. The van der Waals surface area contributed by atoms with Crippen molar-refractivity contribution in [2.75, 3.05) is 5.32 Å². The molecule has 0 saturated carbocycles. The molecule has 7 heteroatoms. The fraction of sp³-hybridized carbons (Fsp3) is 0.0476. The van der Waals surface area contributed by atoms with Crippen molar-refractivity contribution in [2.45, 2.75) is 6.42 Å². The number of benzene rings is 2. The minimum absolute atomic E-state index is 0.0433. The summed E-state index contributed by atoms with van der Waals surface area (Å²) in [5.74, 6) is -0.823.